The number of nitrogens with one attached hydrogen (secondary N) is 2. The standard InChI is InChI=1S/C23H28N2O6/c1-23(2,3)22(28)25-17-12-19(30-5)18(29-4)11-16(17)21(27)31-14-20(26)24-13-15-9-7-6-8-10-15/h6-12H,13-14H2,1-5H3,(H,24,26)(H,25,28). The predicted octanol–water partition coefficient (Wildman–Crippen LogP) is 3.16. The Morgan fingerprint density at radius 2 is 1.55 bits per heavy atom. The highest BCUT2D eigenvalue weighted by Gasteiger charge is 2.25. The molecule has 0 aliphatic rings. The van der Waals surface area contributed by atoms with Crippen LogP contribution in [-0.4, -0.2) is 38.6 Å². The van der Waals surface area contributed by atoms with Crippen LogP contribution >= 0.6 is 0 Å². The Hall–Kier alpha value is -3.55. The normalized spacial score (nSPS) is 10.7. The van der Waals surface area contributed by atoms with E-state index < -0.39 is 23.9 Å². The Morgan fingerprint density at radius 1 is 0.935 bits per heavy atom. The van der Waals surface area contributed by atoms with Crippen molar-refractivity contribution in [3.8, 4) is 11.5 Å². The third kappa shape index (κ3) is 6.74. The van der Waals surface area contributed by atoms with Crippen molar-refractivity contribution in [3.05, 3.63) is 53.6 Å². The van der Waals surface area contributed by atoms with Crippen LogP contribution in [0.25, 0.3) is 0 Å². The summed E-state index contributed by atoms with van der Waals surface area (Å²) in [5.41, 5.74) is 0.485. The van der Waals surface area contributed by atoms with Crippen molar-refractivity contribution in [2.75, 3.05) is 26.1 Å². The van der Waals surface area contributed by atoms with Crippen LogP contribution in [0.1, 0.15) is 36.7 Å². The number of carbonyl (C=O) groups is 3. The van der Waals surface area contributed by atoms with Crippen LogP contribution in [0.5, 0.6) is 11.5 Å². The first-order chi connectivity index (χ1) is 14.7. The summed E-state index contributed by atoms with van der Waals surface area (Å²) in [4.78, 5) is 37.2. The van der Waals surface area contributed by atoms with Gasteiger partial charge in [-0.1, -0.05) is 51.1 Å². The van der Waals surface area contributed by atoms with Crippen LogP contribution in [0.15, 0.2) is 42.5 Å². The first-order valence-electron chi connectivity index (χ1n) is 9.71. The van der Waals surface area contributed by atoms with Gasteiger partial charge in [-0.05, 0) is 5.56 Å². The molecule has 0 saturated heterocycles. The van der Waals surface area contributed by atoms with E-state index >= 15 is 0 Å². The summed E-state index contributed by atoms with van der Waals surface area (Å²) in [5, 5.41) is 5.40. The molecule has 0 bridgehead atoms. The molecule has 0 aliphatic heterocycles. The summed E-state index contributed by atoms with van der Waals surface area (Å²) in [6, 6.07) is 12.3. The quantitative estimate of drug-likeness (QED) is 0.626. The molecule has 166 valence electrons. The Balaban J connectivity index is 2.13. The van der Waals surface area contributed by atoms with Gasteiger partial charge in [0.05, 0.1) is 25.5 Å². The van der Waals surface area contributed by atoms with Gasteiger partial charge in [-0.2, -0.15) is 0 Å². The lowest BCUT2D eigenvalue weighted by molar-refractivity contribution is -0.124. The molecule has 0 radical (unpaired) electrons. The lowest BCUT2D eigenvalue weighted by Gasteiger charge is -2.20. The van der Waals surface area contributed by atoms with E-state index in [9.17, 15) is 14.4 Å². The van der Waals surface area contributed by atoms with Crippen LogP contribution < -0.4 is 20.1 Å². The lowest BCUT2D eigenvalue weighted by Crippen LogP contribution is -2.30. The summed E-state index contributed by atoms with van der Waals surface area (Å²) in [5.74, 6) is -0.895. The Bertz CT molecular complexity index is 935. The number of amides is 2. The van der Waals surface area contributed by atoms with Gasteiger partial charge >= 0.3 is 5.97 Å². The second-order valence-corrected chi connectivity index (χ2v) is 7.80. The fraction of sp³-hybridized carbons (Fsp3) is 0.348. The van der Waals surface area contributed by atoms with Gasteiger partial charge in [0.1, 0.15) is 0 Å². The van der Waals surface area contributed by atoms with Crippen LogP contribution in [0.2, 0.25) is 0 Å². The molecule has 0 atom stereocenters. The van der Waals surface area contributed by atoms with Crippen molar-refractivity contribution in [1.29, 1.82) is 0 Å². The molecule has 2 N–H and O–H groups in total. The van der Waals surface area contributed by atoms with Gasteiger partial charge in [-0.3, -0.25) is 9.59 Å². The second-order valence-electron chi connectivity index (χ2n) is 7.80. The first-order valence-corrected chi connectivity index (χ1v) is 9.71. The van der Waals surface area contributed by atoms with Gasteiger partial charge < -0.3 is 24.8 Å². The average Bonchev–Trinajstić information content (AvgIpc) is 2.75. The third-order valence-electron chi connectivity index (χ3n) is 4.34. The molecule has 2 aromatic carbocycles. The molecule has 0 unspecified atom stereocenters. The van der Waals surface area contributed by atoms with Crippen molar-refractivity contribution in [3.63, 3.8) is 0 Å². The maximum atomic E-state index is 12.7. The molecular weight excluding hydrogens is 400 g/mol. The number of anilines is 1. The van der Waals surface area contributed by atoms with E-state index in [-0.39, 0.29) is 22.9 Å². The molecule has 0 aromatic heterocycles. The molecule has 0 spiro atoms. The van der Waals surface area contributed by atoms with Gasteiger partial charge in [0, 0.05) is 24.1 Å². The highest BCUT2D eigenvalue weighted by Crippen LogP contribution is 2.34. The summed E-state index contributed by atoms with van der Waals surface area (Å²) < 4.78 is 15.7. The maximum Gasteiger partial charge on any atom is 0.340 e. The van der Waals surface area contributed by atoms with E-state index in [2.05, 4.69) is 10.6 Å². The maximum absolute atomic E-state index is 12.7. The summed E-state index contributed by atoms with van der Waals surface area (Å²) in [6.07, 6.45) is 0. The van der Waals surface area contributed by atoms with E-state index in [1.165, 1.54) is 26.4 Å². The van der Waals surface area contributed by atoms with E-state index in [0.29, 0.717) is 12.3 Å². The third-order valence-corrected chi connectivity index (χ3v) is 4.34. The Labute approximate surface area is 181 Å². The predicted molar refractivity (Wildman–Crippen MR) is 116 cm³/mol. The number of methoxy groups -OCH3 is 2. The number of hydrogen-bond acceptors (Lipinski definition) is 6. The number of ether oxygens (including phenoxy) is 3. The fourth-order valence-corrected chi connectivity index (χ4v) is 2.52. The van der Waals surface area contributed by atoms with Gasteiger partial charge in [-0.25, -0.2) is 4.79 Å². The van der Waals surface area contributed by atoms with E-state index in [1.807, 2.05) is 30.3 Å². The molecule has 2 rings (SSSR count). The topological polar surface area (TPSA) is 103 Å². The van der Waals surface area contributed by atoms with Gasteiger partial charge in [-0.15, -0.1) is 0 Å². The number of esters is 1. The molecule has 0 aliphatic carbocycles. The molecule has 0 saturated carbocycles. The zero-order valence-electron chi connectivity index (χ0n) is 18.4. The highest BCUT2D eigenvalue weighted by molar-refractivity contribution is 6.03. The van der Waals surface area contributed by atoms with Crippen molar-refractivity contribution in [2.24, 2.45) is 5.41 Å². The number of rotatable bonds is 8. The van der Waals surface area contributed by atoms with Crippen LogP contribution in [0, 0.1) is 5.41 Å². The minimum Gasteiger partial charge on any atom is -0.493 e. The SMILES string of the molecule is COc1cc(NC(=O)C(C)(C)C)c(C(=O)OCC(=O)NCc2ccccc2)cc1OC. The van der Waals surface area contributed by atoms with Gasteiger partial charge in [0.2, 0.25) is 5.91 Å². The van der Waals surface area contributed by atoms with Crippen molar-refractivity contribution in [1.82, 2.24) is 5.32 Å². The van der Waals surface area contributed by atoms with Crippen molar-refractivity contribution >= 4 is 23.5 Å². The van der Waals surface area contributed by atoms with E-state index in [0.717, 1.165) is 5.56 Å². The van der Waals surface area contributed by atoms with Gasteiger partial charge in [0.25, 0.3) is 5.91 Å². The molecule has 2 aromatic rings. The average molecular weight is 428 g/mol. The minimum absolute atomic E-state index is 0.0473. The summed E-state index contributed by atoms with van der Waals surface area (Å²) in [7, 11) is 2.87. The number of hydrogen-bond donors (Lipinski definition) is 2. The smallest absolute Gasteiger partial charge is 0.340 e. The summed E-state index contributed by atoms with van der Waals surface area (Å²) >= 11 is 0. The van der Waals surface area contributed by atoms with Crippen LogP contribution in [0.4, 0.5) is 5.69 Å². The monoisotopic (exact) mass is 428 g/mol. The van der Waals surface area contributed by atoms with E-state index in [4.69, 9.17) is 14.2 Å². The van der Waals surface area contributed by atoms with Gasteiger partial charge in [0.15, 0.2) is 18.1 Å². The molecule has 2 amide bonds. The van der Waals surface area contributed by atoms with E-state index in [1.54, 1.807) is 20.8 Å². The zero-order chi connectivity index (χ0) is 23.0. The lowest BCUT2D eigenvalue weighted by atomic mass is 9.95. The molecule has 0 heterocycles. The molecule has 0 fully saturated rings. The molecular formula is C23H28N2O6. The summed E-state index contributed by atoms with van der Waals surface area (Å²) in [6.45, 7) is 5.10. The van der Waals surface area contributed by atoms with Crippen LogP contribution in [-0.2, 0) is 20.9 Å². The minimum atomic E-state index is -0.778. The zero-order valence-corrected chi connectivity index (χ0v) is 18.4. The number of benzene rings is 2. The largest absolute Gasteiger partial charge is 0.493 e. The molecule has 31 heavy (non-hydrogen) atoms. The number of carbonyl (C=O) groups excluding carboxylic acids is 3. The molecule has 8 heteroatoms. The first kappa shape index (κ1) is 23.7. The van der Waals surface area contributed by atoms with Crippen molar-refractivity contribution in [2.45, 2.75) is 27.3 Å². The highest BCUT2D eigenvalue weighted by atomic mass is 16.5. The second kappa shape index (κ2) is 10.5. The van der Waals surface area contributed by atoms with Crippen LogP contribution in [0.3, 0.4) is 0 Å². The Kier molecular flexibility index (Phi) is 8.01. The fourth-order valence-electron chi connectivity index (χ4n) is 2.52. The Morgan fingerprint density at radius 3 is 2.13 bits per heavy atom. The van der Waals surface area contributed by atoms with Crippen molar-refractivity contribution < 1.29 is 28.6 Å². The molecule has 8 nitrogen and oxygen atoms in total.